The lowest BCUT2D eigenvalue weighted by Gasteiger charge is -2.25. The van der Waals surface area contributed by atoms with E-state index in [9.17, 15) is 19.3 Å². The first-order chi connectivity index (χ1) is 8.92. The third-order valence-electron chi connectivity index (χ3n) is 2.88. The zero-order chi connectivity index (χ0) is 14.0. The Hall–Kier alpha value is -2.34. The Morgan fingerprint density at radius 1 is 1.37 bits per heavy atom. The van der Waals surface area contributed by atoms with Crippen molar-refractivity contribution in [2.24, 2.45) is 11.7 Å². The summed E-state index contributed by atoms with van der Waals surface area (Å²) in [4.78, 5) is 22.2. The fourth-order valence-corrected chi connectivity index (χ4v) is 1.85. The predicted molar refractivity (Wildman–Crippen MR) is 66.5 cm³/mol. The summed E-state index contributed by atoms with van der Waals surface area (Å²) in [5.74, 6) is -4.42. The van der Waals surface area contributed by atoms with Crippen LogP contribution in [0.5, 0.6) is 0 Å². The van der Waals surface area contributed by atoms with Crippen molar-refractivity contribution in [3.8, 4) is 0 Å². The quantitative estimate of drug-likeness (QED) is 0.390. The average molecular weight is 262 g/mol. The van der Waals surface area contributed by atoms with Crippen LogP contribution in [-0.4, -0.2) is 16.5 Å². The summed E-state index contributed by atoms with van der Waals surface area (Å²) in [7, 11) is 0. The summed E-state index contributed by atoms with van der Waals surface area (Å²) in [6.07, 6.45) is 2.76. The van der Waals surface area contributed by atoms with Gasteiger partial charge in [0.05, 0.1) is 10.8 Å². The first kappa shape index (κ1) is 13.1. The highest BCUT2D eigenvalue weighted by Gasteiger charge is 2.41. The van der Waals surface area contributed by atoms with Crippen molar-refractivity contribution in [3.63, 3.8) is 0 Å². The second-order valence-corrected chi connectivity index (χ2v) is 4.22. The summed E-state index contributed by atoms with van der Waals surface area (Å²) in [5.41, 5.74) is 5.30. The van der Waals surface area contributed by atoms with Gasteiger partial charge in [0, 0.05) is 17.7 Å². The van der Waals surface area contributed by atoms with E-state index in [-0.39, 0.29) is 11.3 Å². The lowest BCUT2D eigenvalue weighted by molar-refractivity contribution is -0.419. The van der Waals surface area contributed by atoms with E-state index in [1.54, 1.807) is 18.2 Å². The molecule has 0 spiro atoms. The van der Waals surface area contributed by atoms with Crippen LogP contribution in [0.15, 0.2) is 54.3 Å². The molecular formula is C13H11FN2O3. The molecule has 0 aliphatic heterocycles. The zero-order valence-electron chi connectivity index (χ0n) is 9.82. The second kappa shape index (κ2) is 4.74. The molecule has 5 nitrogen and oxygen atoms in total. The molecule has 1 aromatic rings. The lowest BCUT2D eigenvalue weighted by Crippen LogP contribution is -2.45. The number of hydrogen-bond donors (Lipinski definition) is 1. The van der Waals surface area contributed by atoms with Crippen LogP contribution in [-0.2, 0) is 0 Å². The molecule has 2 rings (SSSR count). The number of halogens is 1. The number of hydrogen-bond acceptors (Lipinski definition) is 4. The summed E-state index contributed by atoms with van der Waals surface area (Å²) in [6, 6.07) is 7.98. The highest BCUT2D eigenvalue weighted by atomic mass is 19.1. The molecule has 0 amide bonds. The van der Waals surface area contributed by atoms with Gasteiger partial charge >= 0.3 is 0 Å². The van der Waals surface area contributed by atoms with Crippen LogP contribution in [0.1, 0.15) is 10.4 Å². The average Bonchev–Trinajstić information content (AvgIpc) is 2.38. The molecule has 2 atom stereocenters. The number of nitrogens with zero attached hydrogens (tertiary/aromatic N) is 1. The van der Waals surface area contributed by atoms with Crippen molar-refractivity contribution < 1.29 is 14.1 Å². The second-order valence-electron chi connectivity index (χ2n) is 4.22. The van der Waals surface area contributed by atoms with Gasteiger partial charge in [0.1, 0.15) is 0 Å². The fraction of sp³-hybridized carbons (Fsp3) is 0.154. The summed E-state index contributed by atoms with van der Waals surface area (Å²) < 4.78 is 14.1. The molecule has 0 aromatic heterocycles. The van der Waals surface area contributed by atoms with E-state index < -0.39 is 22.4 Å². The van der Waals surface area contributed by atoms with Crippen molar-refractivity contribution >= 4 is 5.78 Å². The van der Waals surface area contributed by atoms with Gasteiger partial charge in [-0.1, -0.05) is 30.3 Å². The monoisotopic (exact) mass is 262 g/mol. The number of rotatable bonds is 3. The van der Waals surface area contributed by atoms with E-state index in [2.05, 4.69) is 0 Å². The molecule has 0 saturated carbocycles. The highest BCUT2D eigenvalue weighted by Crippen LogP contribution is 2.29. The normalized spacial score (nSPS) is 25.8. The molecular weight excluding hydrogens is 251 g/mol. The number of alkyl halides is 1. The van der Waals surface area contributed by atoms with Crippen molar-refractivity contribution in [1.29, 1.82) is 0 Å². The molecule has 19 heavy (non-hydrogen) atoms. The van der Waals surface area contributed by atoms with Crippen LogP contribution in [0.25, 0.3) is 0 Å². The maximum Gasteiger partial charge on any atom is 0.266 e. The van der Waals surface area contributed by atoms with Crippen molar-refractivity contribution in [2.75, 3.05) is 0 Å². The Balaban J connectivity index is 2.39. The number of nitro groups is 1. The minimum Gasteiger partial charge on any atom is -0.295 e. The van der Waals surface area contributed by atoms with Gasteiger partial charge in [0.2, 0.25) is 0 Å². The maximum absolute atomic E-state index is 14.1. The Morgan fingerprint density at radius 2 is 2.00 bits per heavy atom. The first-order valence-electron chi connectivity index (χ1n) is 5.54. The van der Waals surface area contributed by atoms with Crippen molar-refractivity contribution in [2.45, 2.75) is 5.79 Å². The van der Waals surface area contributed by atoms with E-state index in [1.165, 1.54) is 12.1 Å². The maximum atomic E-state index is 14.1. The SMILES string of the molecule is NC1(F)C=CC([N+](=O)[O-])=CC1C(=O)c1ccccc1. The molecule has 6 heteroatoms. The fourth-order valence-electron chi connectivity index (χ4n) is 1.85. The van der Waals surface area contributed by atoms with Crippen molar-refractivity contribution in [1.82, 2.24) is 0 Å². The first-order valence-corrected chi connectivity index (χ1v) is 5.54. The minimum atomic E-state index is -2.42. The van der Waals surface area contributed by atoms with Gasteiger partial charge in [0.25, 0.3) is 5.70 Å². The van der Waals surface area contributed by atoms with Crippen molar-refractivity contribution in [3.05, 3.63) is 69.9 Å². The van der Waals surface area contributed by atoms with E-state index >= 15 is 0 Å². The number of carbonyl (C=O) groups is 1. The molecule has 0 radical (unpaired) electrons. The molecule has 0 fully saturated rings. The van der Waals surface area contributed by atoms with Crippen LogP contribution in [0, 0.1) is 16.0 Å². The Kier molecular flexibility index (Phi) is 3.26. The van der Waals surface area contributed by atoms with Gasteiger partial charge in [-0.25, -0.2) is 4.39 Å². The summed E-state index contributed by atoms with van der Waals surface area (Å²) in [6.45, 7) is 0. The molecule has 1 aliphatic carbocycles. The van der Waals surface area contributed by atoms with Crippen LogP contribution >= 0.6 is 0 Å². The Bertz CT molecular complexity index is 579. The van der Waals surface area contributed by atoms with E-state index in [4.69, 9.17) is 5.73 Å². The number of nitrogens with two attached hydrogens (primary N) is 1. The topological polar surface area (TPSA) is 86.2 Å². The highest BCUT2D eigenvalue weighted by molar-refractivity contribution is 6.00. The third-order valence-corrected chi connectivity index (χ3v) is 2.88. The Labute approximate surface area is 108 Å². The molecule has 1 aliphatic rings. The van der Waals surface area contributed by atoms with Gasteiger partial charge in [-0.3, -0.25) is 20.6 Å². The molecule has 2 N–H and O–H groups in total. The lowest BCUT2D eigenvalue weighted by atomic mass is 9.85. The number of benzene rings is 1. The molecule has 0 saturated heterocycles. The van der Waals surface area contributed by atoms with Gasteiger partial charge in [0.15, 0.2) is 11.6 Å². The number of ketones is 1. The van der Waals surface area contributed by atoms with E-state index in [1.807, 2.05) is 0 Å². The molecule has 0 bridgehead atoms. The van der Waals surface area contributed by atoms with Crippen LogP contribution in [0.4, 0.5) is 4.39 Å². The summed E-state index contributed by atoms with van der Waals surface area (Å²) >= 11 is 0. The third kappa shape index (κ3) is 2.58. The number of carbonyl (C=O) groups excluding carboxylic acids is 1. The van der Waals surface area contributed by atoms with Crippen LogP contribution in [0.3, 0.4) is 0 Å². The predicted octanol–water partition coefficient (Wildman–Crippen LogP) is 1.84. The number of allylic oxidation sites excluding steroid dienone is 1. The molecule has 0 heterocycles. The standard InChI is InChI=1S/C13H11FN2O3/c14-13(15)7-6-10(16(18)19)8-11(13)12(17)9-4-2-1-3-5-9/h1-8,11H,15H2. The zero-order valence-corrected chi connectivity index (χ0v) is 9.82. The van der Waals surface area contributed by atoms with E-state index in [0.717, 1.165) is 18.2 Å². The van der Waals surface area contributed by atoms with Gasteiger partial charge in [-0.2, -0.15) is 0 Å². The minimum absolute atomic E-state index is 0.259. The smallest absolute Gasteiger partial charge is 0.266 e. The van der Waals surface area contributed by atoms with Gasteiger partial charge in [-0.15, -0.1) is 0 Å². The largest absolute Gasteiger partial charge is 0.295 e. The molecule has 2 unspecified atom stereocenters. The van der Waals surface area contributed by atoms with E-state index in [0.29, 0.717) is 0 Å². The van der Waals surface area contributed by atoms with Gasteiger partial charge in [-0.05, 0) is 6.08 Å². The summed E-state index contributed by atoms with van der Waals surface area (Å²) in [5, 5.41) is 10.7. The van der Waals surface area contributed by atoms with Crippen LogP contribution < -0.4 is 5.73 Å². The number of Topliss-reactive ketones (excluding diaryl/α,β-unsaturated/α-hetero) is 1. The van der Waals surface area contributed by atoms with Crippen LogP contribution in [0.2, 0.25) is 0 Å². The molecule has 98 valence electrons. The Morgan fingerprint density at radius 3 is 2.58 bits per heavy atom. The van der Waals surface area contributed by atoms with Gasteiger partial charge < -0.3 is 0 Å². The molecule has 1 aromatic carbocycles.